The van der Waals surface area contributed by atoms with Crippen LogP contribution in [0, 0.1) is 6.92 Å². The summed E-state index contributed by atoms with van der Waals surface area (Å²) in [5.41, 5.74) is 1.05. The van der Waals surface area contributed by atoms with Gasteiger partial charge < -0.3 is 15.0 Å². The maximum atomic E-state index is 12.2. The maximum Gasteiger partial charge on any atom is 0.260 e. The molecule has 1 amide bonds. The zero-order valence-electron chi connectivity index (χ0n) is 12.9. The van der Waals surface area contributed by atoms with Gasteiger partial charge in [0.25, 0.3) is 5.91 Å². The minimum Gasteiger partial charge on any atom is -0.479 e. The van der Waals surface area contributed by atoms with Crippen molar-refractivity contribution >= 4 is 17.5 Å². The Bertz CT molecular complexity index is 499. The third kappa shape index (κ3) is 4.61. The second-order valence-electron chi connectivity index (χ2n) is 5.78. The molecule has 2 rings (SSSR count). The highest BCUT2D eigenvalue weighted by molar-refractivity contribution is 6.32. The van der Waals surface area contributed by atoms with Crippen molar-refractivity contribution in [3.05, 3.63) is 28.8 Å². The molecule has 1 heterocycles. The van der Waals surface area contributed by atoms with Gasteiger partial charge in [-0.05, 0) is 64.5 Å². The fourth-order valence-electron chi connectivity index (χ4n) is 2.42. The van der Waals surface area contributed by atoms with Crippen LogP contribution in [0.3, 0.4) is 0 Å². The molecule has 0 saturated carbocycles. The number of rotatable bonds is 4. The number of piperidine rings is 1. The van der Waals surface area contributed by atoms with Gasteiger partial charge in [0.2, 0.25) is 0 Å². The summed E-state index contributed by atoms with van der Waals surface area (Å²) in [4.78, 5) is 14.5. The first-order chi connectivity index (χ1) is 9.95. The summed E-state index contributed by atoms with van der Waals surface area (Å²) in [6.45, 7) is 5.75. The molecule has 0 spiro atoms. The van der Waals surface area contributed by atoms with E-state index in [1.54, 1.807) is 13.0 Å². The summed E-state index contributed by atoms with van der Waals surface area (Å²) in [6.07, 6.45) is 1.42. The Morgan fingerprint density at radius 1 is 1.43 bits per heavy atom. The van der Waals surface area contributed by atoms with Crippen LogP contribution in [0.25, 0.3) is 0 Å². The van der Waals surface area contributed by atoms with E-state index in [0.29, 0.717) is 10.8 Å². The van der Waals surface area contributed by atoms with Crippen LogP contribution in [0.4, 0.5) is 0 Å². The smallest absolute Gasteiger partial charge is 0.260 e. The van der Waals surface area contributed by atoms with Gasteiger partial charge >= 0.3 is 0 Å². The van der Waals surface area contributed by atoms with Gasteiger partial charge in [-0.25, -0.2) is 0 Å². The van der Waals surface area contributed by atoms with Crippen LogP contribution < -0.4 is 10.1 Å². The normalized spacial score (nSPS) is 18.3. The first-order valence-electron chi connectivity index (χ1n) is 7.37. The first kappa shape index (κ1) is 16.1. The predicted octanol–water partition coefficient (Wildman–Crippen LogP) is 2.63. The molecule has 4 nitrogen and oxygen atoms in total. The molecular weight excluding hydrogens is 288 g/mol. The van der Waals surface area contributed by atoms with Crippen LogP contribution >= 0.6 is 11.6 Å². The van der Waals surface area contributed by atoms with Crippen molar-refractivity contribution in [2.45, 2.75) is 38.8 Å². The molecule has 1 fully saturated rings. The fourth-order valence-corrected chi connectivity index (χ4v) is 2.58. The van der Waals surface area contributed by atoms with E-state index in [1.165, 1.54) is 0 Å². The average molecular weight is 311 g/mol. The highest BCUT2D eigenvalue weighted by Gasteiger charge is 2.22. The van der Waals surface area contributed by atoms with Crippen LogP contribution in [0.5, 0.6) is 5.75 Å². The molecule has 1 saturated heterocycles. The summed E-state index contributed by atoms with van der Waals surface area (Å²) in [6, 6.07) is 5.79. The van der Waals surface area contributed by atoms with E-state index >= 15 is 0 Å². The third-order valence-corrected chi connectivity index (χ3v) is 4.14. The summed E-state index contributed by atoms with van der Waals surface area (Å²) < 4.78 is 5.70. The summed E-state index contributed by atoms with van der Waals surface area (Å²) >= 11 is 6.09. The monoisotopic (exact) mass is 310 g/mol. The zero-order chi connectivity index (χ0) is 15.4. The number of likely N-dealkylation sites (tertiary alicyclic amines) is 1. The number of benzene rings is 1. The van der Waals surface area contributed by atoms with Crippen molar-refractivity contribution in [2.75, 3.05) is 20.1 Å². The zero-order valence-corrected chi connectivity index (χ0v) is 13.6. The van der Waals surface area contributed by atoms with Crippen molar-refractivity contribution in [2.24, 2.45) is 0 Å². The van der Waals surface area contributed by atoms with Gasteiger partial charge in [0.05, 0.1) is 5.02 Å². The second kappa shape index (κ2) is 7.14. The second-order valence-corrected chi connectivity index (χ2v) is 6.19. The number of carbonyl (C=O) groups is 1. The molecule has 1 aromatic rings. The minimum absolute atomic E-state index is 0.0814. The molecule has 1 aliphatic rings. The molecule has 116 valence electrons. The molecule has 1 aromatic carbocycles. The van der Waals surface area contributed by atoms with E-state index in [-0.39, 0.29) is 11.9 Å². The fraction of sp³-hybridized carbons (Fsp3) is 0.562. The molecule has 0 unspecified atom stereocenters. The van der Waals surface area contributed by atoms with E-state index in [9.17, 15) is 4.79 Å². The lowest BCUT2D eigenvalue weighted by Gasteiger charge is -2.30. The van der Waals surface area contributed by atoms with Gasteiger partial charge in [-0.2, -0.15) is 0 Å². The molecule has 0 bridgehead atoms. The van der Waals surface area contributed by atoms with Crippen LogP contribution in [0.1, 0.15) is 25.3 Å². The van der Waals surface area contributed by atoms with E-state index < -0.39 is 6.10 Å². The lowest BCUT2D eigenvalue weighted by Crippen LogP contribution is -2.47. The van der Waals surface area contributed by atoms with E-state index in [0.717, 1.165) is 31.5 Å². The van der Waals surface area contributed by atoms with Crippen LogP contribution in [0.15, 0.2) is 18.2 Å². The SMILES string of the molecule is Cc1ccc(Cl)c(O[C@H](C)C(=O)NC2CCN(C)CC2)c1. The Hall–Kier alpha value is -1.26. The number of hydrogen-bond acceptors (Lipinski definition) is 3. The van der Waals surface area contributed by atoms with Crippen molar-refractivity contribution in [1.82, 2.24) is 10.2 Å². The topological polar surface area (TPSA) is 41.6 Å². The standard InChI is InChI=1S/C16H23ClN2O2/c1-11-4-5-14(17)15(10-11)21-12(2)16(20)18-13-6-8-19(3)9-7-13/h4-5,10,12-13H,6-9H2,1-3H3,(H,18,20)/t12-/m1/s1. The molecule has 0 radical (unpaired) electrons. The predicted molar refractivity (Wildman–Crippen MR) is 84.9 cm³/mol. The number of nitrogens with zero attached hydrogens (tertiary/aromatic N) is 1. The highest BCUT2D eigenvalue weighted by Crippen LogP contribution is 2.26. The number of nitrogens with one attached hydrogen (secondary N) is 1. The molecule has 1 atom stereocenters. The van der Waals surface area contributed by atoms with E-state index in [2.05, 4.69) is 17.3 Å². The number of carbonyl (C=O) groups excluding carboxylic acids is 1. The van der Waals surface area contributed by atoms with Crippen LogP contribution in [-0.4, -0.2) is 43.1 Å². The Morgan fingerprint density at radius 3 is 2.76 bits per heavy atom. The van der Waals surface area contributed by atoms with Gasteiger partial charge in [0, 0.05) is 6.04 Å². The van der Waals surface area contributed by atoms with Gasteiger partial charge in [0.15, 0.2) is 6.10 Å². The Kier molecular flexibility index (Phi) is 5.48. The number of amides is 1. The van der Waals surface area contributed by atoms with Crippen LogP contribution in [-0.2, 0) is 4.79 Å². The van der Waals surface area contributed by atoms with E-state index in [1.807, 2.05) is 19.1 Å². The summed E-state index contributed by atoms with van der Waals surface area (Å²) in [5.74, 6) is 0.477. The molecule has 0 aromatic heterocycles. The van der Waals surface area contributed by atoms with Gasteiger partial charge in [-0.3, -0.25) is 4.79 Å². The number of aryl methyl sites for hydroxylation is 1. The molecule has 0 aliphatic carbocycles. The number of ether oxygens (including phenoxy) is 1. The number of hydrogen-bond donors (Lipinski definition) is 1. The largest absolute Gasteiger partial charge is 0.479 e. The summed E-state index contributed by atoms with van der Waals surface area (Å²) in [5, 5.41) is 3.59. The summed E-state index contributed by atoms with van der Waals surface area (Å²) in [7, 11) is 2.10. The highest BCUT2D eigenvalue weighted by atomic mass is 35.5. The Labute approximate surface area is 131 Å². The van der Waals surface area contributed by atoms with Crippen molar-refractivity contribution in [1.29, 1.82) is 0 Å². The molecular formula is C16H23ClN2O2. The third-order valence-electron chi connectivity index (χ3n) is 3.82. The van der Waals surface area contributed by atoms with Crippen molar-refractivity contribution in [3.8, 4) is 5.75 Å². The first-order valence-corrected chi connectivity index (χ1v) is 7.75. The average Bonchev–Trinajstić information content (AvgIpc) is 2.45. The van der Waals surface area contributed by atoms with Crippen molar-refractivity contribution < 1.29 is 9.53 Å². The Balaban J connectivity index is 1.89. The lowest BCUT2D eigenvalue weighted by atomic mass is 10.1. The molecule has 5 heteroatoms. The van der Waals surface area contributed by atoms with Gasteiger partial charge in [0.1, 0.15) is 5.75 Å². The maximum absolute atomic E-state index is 12.2. The van der Waals surface area contributed by atoms with E-state index in [4.69, 9.17) is 16.3 Å². The number of halogens is 1. The quantitative estimate of drug-likeness (QED) is 0.929. The minimum atomic E-state index is -0.552. The van der Waals surface area contributed by atoms with Crippen molar-refractivity contribution in [3.63, 3.8) is 0 Å². The molecule has 1 aliphatic heterocycles. The van der Waals surface area contributed by atoms with Crippen LogP contribution in [0.2, 0.25) is 5.02 Å². The molecule has 21 heavy (non-hydrogen) atoms. The van der Waals surface area contributed by atoms with Gasteiger partial charge in [-0.15, -0.1) is 0 Å². The Morgan fingerprint density at radius 2 is 2.10 bits per heavy atom. The molecule has 1 N–H and O–H groups in total. The lowest BCUT2D eigenvalue weighted by molar-refractivity contribution is -0.128. The van der Waals surface area contributed by atoms with Gasteiger partial charge in [-0.1, -0.05) is 17.7 Å².